The molecule has 1 saturated heterocycles. The van der Waals surface area contributed by atoms with Crippen LogP contribution in [0.15, 0.2) is 0 Å². The van der Waals surface area contributed by atoms with Gasteiger partial charge >= 0.3 is 17.9 Å². The Morgan fingerprint density at radius 2 is 0.943 bits per heavy atom. The van der Waals surface area contributed by atoms with Crippen molar-refractivity contribution in [2.45, 2.75) is 234 Å². The Morgan fingerprint density at radius 3 is 1.34 bits per heavy atom. The zero-order chi connectivity index (χ0) is 39.4. The van der Waals surface area contributed by atoms with Crippen LogP contribution in [0.2, 0.25) is 0 Å². The van der Waals surface area contributed by atoms with Crippen LogP contribution in [0.4, 0.5) is 0 Å². The van der Waals surface area contributed by atoms with Crippen molar-refractivity contribution in [2.24, 2.45) is 16.7 Å². The lowest BCUT2D eigenvalue weighted by Gasteiger charge is -2.34. The summed E-state index contributed by atoms with van der Waals surface area (Å²) in [7, 11) is 0. The molecule has 1 heterocycles. The van der Waals surface area contributed by atoms with Crippen molar-refractivity contribution in [3.8, 4) is 0 Å². The molecule has 0 radical (unpaired) electrons. The highest BCUT2D eigenvalue weighted by atomic mass is 16.5. The minimum absolute atomic E-state index is 0.00626. The van der Waals surface area contributed by atoms with Crippen LogP contribution in [-0.2, 0) is 28.6 Å². The summed E-state index contributed by atoms with van der Waals surface area (Å²) < 4.78 is 17.6. The first-order valence-electron chi connectivity index (χ1n) is 22.6. The van der Waals surface area contributed by atoms with Crippen molar-refractivity contribution >= 4 is 17.9 Å². The maximum Gasteiger partial charge on any atom is 0.311 e. The van der Waals surface area contributed by atoms with Gasteiger partial charge in [-0.25, -0.2) is 0 Å². The Labute approximate surface area is 328 Å². The maximum absolute atomic E-state index is 13.3. The summed E-state index contributed by atoms with van der Waals surface area (Å²) in [4.78, 5) is 41.4. The van der Waals surface area contributed by atoms with Gasteiger partial charge in [0.25, 0.3) is 0 Å². The van der Waals surface area contributed by atoms with Crippen molar-refractivity contribution in [3.63, 3.8) is 0 Å². The van der Waals surface area contributed by atoms with Crippen molar-refractivity contribution in [1.82, 2.24) is 4.90 Å². The molecular weight excluding hydrogens is 663 g/mol. The van der Waals surface area contributed by atoms with Crippen LogP contribution in [-0.4, -0.2) is 61.3 Å². The van der Waals surface area contributed by atoms with E-state index in [0.717, 1.165) is 116 Å². The average molecular weight is 750 g/mol. The molecule has 0 spiro atoms. The Balaban J connectivity index is 2.48. The third kappa shape index (κ3) is 23.8. The molecule has 0 aromatic rings. The van der Waals surface area contributed by atoms with Gasteiger partial charge in [-0.2, -0.15) is 0 Å². The third-order valence-electron chi connectivity index (χ3n) is 11.6. The van der Waals surface area contributed by atoms with Gasteiger partial charge < -0.3 is 19.1 Å². The molecule has 1 aliphatic rings. The second-order valence-corrected chi connectivity index (χ2v) is 17.9. The largest absolute Gasteiger partial charge is 0.465 e. The predicted octanol–water partition coefficient (Wildman–Crippen LogP) is 12.6. The van der Waals surface area contributed by atoms with Crippen molar-refractivity contribution < 1.29 is 28.6 Å². The van der Waals surface area contributed by atoms with Crippen LogP contribution < -0.4 is 0 Å². The van der Waals surface area contributed by atoms with Crippen molar-refractivity contribution in [1.29, 1.82) is 0 Å². The normalized spacial score (nSPS) is 14.6. The fourth-order valence-electron chi connectivity index (χ4n) is 7.45. The number of carbonyl (C=O) groups excluding carboxylic acids is 3. The summed E-state index contributed by atoms with van der Waals surface area (Å²) >= 11 is 0. The van der Waals surface area contributed by atoms with Gasteiger partial charge in [0.2, 0.25) is 0 Å². The molecule has 0 amide bonds. The molecule has 0 unspecified atom stereocenters. The molecule has 53 heavy (non-hydrogen) atoms. The lowest BCUT2D eigenvalue weighted by Crippen LogP contribution is -2.41. The lowest BCUT2D eigenvalue weighted by molar-refractivity contribution is -0.157. The molecule has 0 atom stereocenters. The van der Waals surface area contributed by atoms with Crippen LogP contribution in [0.25, 0.3) is 0 Å². The predicted molar refractivity (Wildman–Crippen MR) is 221 cm³/mol. The third-order valence-corrected chi connectivity index (χ3v) is 11.6. The van der Waals surface area contributed by atoms with Gasteiger partial charge in [-0.3, -0.25) is 14.4 Å². The van der Waals surface area contributed by atoms with Gasteiger partial charge in [0, 0.05) is 6.04 Å². The fourth-order valence-corrected chi connectivity index (χ4v) is 7.45. The number of esters is 3. The smallest absolute Gasteiger partial charge is 0.311 e. The molecular formula is C46H87NO6. The van der Waals surface area contributed by atoms with Crippen LogP contribution in [0.1, 0.15) is 222 Å². The second-order valence-electron chi connectivity index (χ2n) is 17.9. The number of ether oxygens (including phenoxy) is 3. The standard InChI is InChI=1S/C46H87NO6/c1-9-11-13-15-17-19-27-37-51-43(49)45(5,6)33-25-21-23-29-41(53-42(48)40-31-35-47(36-32-40)39(3)4)30-24-22-26-34-46(7,8)44(50)52-38-28-20-18-16-14-12-10-2/h39-41H,9-38H2,1-8H3. The molecule has 0 bridgehead atoms. The van der Waals surface area contributed by atoms with Gasteiger partial charge in [0.1, 0.15) is 6.10 Å². The highest BCUT2D eigenvalue weighted by molar-refractivity contribution is 5.76. The number of hydrogen-bond acceptors (Lipinski definition) is 7. The van der Waals surface area contributed by atoms with Gasteiger partial charge in [-0.15, -0.1) is 0 Å². The van der Waals surface area contributed by atoms with Gasteiger partial charge in [-0.05, 0) is 119 Å². The van der Waals surface area contributed by atoms with Crippen LogP contribution in [0.3, 0.4) is 0 Å². The maximum atomic E-state index is 13.3. The average Bonchev–Trinajstić information content (AvgIpc) is 3.12. The first-order chi connectivity index (χ1) is 25.3. The first-order valence-corrected chi connectivity index (χ1v) is 22.6. The number of rotatable bonds is 33. The molecule has 7 heteroatoms. The molecule has 0 aromatic carbocycles. The SMILES string of the molecule is CCCCCCCCCOC(=O)C(C)(C)CCCCCC(CCCCCC(C)(C)C(=O)OCCCCCCCCC)OC(=O)C1CCN(C(C)C)CC1. The minimum Gasteiger partial charge on any atom is -0.465 e. The lowest BCUT2D eigenvalue weighted by atomic mass is 9.86. The van der Waals surface area contributed by atoms with Crippen molar-refractivity contribution in [3.05, 3.63) is 0 Å². The van der Waals surface area contributed by atoms with E-state index in [2.05, 4.69) is 32.6 Å². The van der Waals surface area contributed by atoms with Gasteiger partial charge in [0.05, 0.1) is 30.0 Å². The number of hydrogen-bond donors (Lipinski definition) is 0. The molecule has 0 N–H and O–H groups in total. The Morgan fingerprint density at radius 1 is 0.566 bits per heavy atom. The second kappa shape index (κ2) is 29.6. The summed E-state index contributed by atoms with van der Waals surface area (Å²) in [5, 5.41) is 0. The van der Waals surface area contributed by atoms with Crippen LogP contribution >= 0.6 is 0 Å². The summed E-state index contributed by atoms with van der Waals surface area (Å²) in [6, 6.07) is 0.508. The summed E-state index contributed by atoms with van der Waals surface area (Å²) in [6.07, 6.45) is 27.8. The molecule has 0 saturated carbocycles. The zero-order valence-corrected chi connectivity index (χ0v) is 36.3. The quantitative estimate of drug-likeness (QED) is 0.0375. The van der Waals surface area contributed by atoms with Gasteiger partial charge in [0.15, 0.2) is 0 Å². The molecule has 0 aromatic heterocycles. The number of nitrogens with zero attached hydrogens (tertiary/aromatic N) is 1. The van der Waals surface area contributed by atoms with E-state index in [9.17, 15) is 14.4 Å². The minimum atomic E-state index is -0.480. The first kappa shape index (κ1) is 49.4. The van der Waals surface area contributed by atoms with Gasteiger partial charge in [-0.1, -0.05) is 117 Å². The summed E-state index contributed by atoms with van der Waals surface area (Å²) in [6.45, 7) is 19.9. The highest BCUT2D eigenvalue weighted by Crippen LogP contribution is 2.29. The van der Waals surface area contributed by atoms with E-state index in [0.29, 0.717) is 19.3 Å². The number of unbranched alkanes of at least 4 members (excludes halogenated alkanes) is 16. The van der Waals surface area contributed by atoms with E-state index >= 15 is 0 Å². The van der Waals surface area contributed by atoms with Crippen molar-refractivity contribution in [2.75, 3.05) is 26.3 Å². The van der Waals surface area contributed by atoms with E-state index in [4.69, 9.17) is 14.2 Å². The molecule has 1 fully saturated rings. The van der Waals surface area contributed by atoms with E-state index in [1.165, 1.54) is 64.2 Å². The Kier molecular flexibility index (Phi) is 27.6. The summed E-state index contributed by atoms with van der Waals surface area (Å²) in [5.74, 6) is -0.187. The van der Waals surface area contributed by atoms with E-state index in [1.807, 2.05) is 27.7 Å². The van der Waals surface area contributed by atoms with Crippen LogP contribution in [0.5, 0.6) is 0 Å². The zero-order valence-electron chi connectivity index (χ0n) is 36.3. The highest BCUT2D eigenvalue weighted by Gasteiger charge is 2.31. The molecule has 1 rings (SSSR count). The van der Waals surface area contributed by atoms with E-state index in [1.54, 1.807) is 0 Å². The number of piperidine rings is 1. The Bertz CT molecular complexity index is 884. The van der Waals surface area contributed by atoms with E-state index in [-0.39, 0.29) is 29.9 Å². The Hall–Kier alpha value is -1.63. The number of carbonyl (C=O) groups is 3. The number of likely N-dealkylation sites (tertiary alicyclic amines) is 1. The fraction of sp³-hybridized carbons (Fsp3) is 0.935. The molecule has 0 aliphatic carbocycles. The molecule has 7 nitrogen and oxygen atoms in total. The molecule has 312 valence electrons. The summed E-state index contributed by atoms with van der Waals surface area (Å²) in [5.41, 5.74) is -0.960. The molecule has 1 aliphatic heterocycles. The topological polar surface area (TPSA) is 82.1 Å². The monoisotopic (exact) mass is 750 g/mol. The van der Waals surface area contributed by atoms with Crippen LogP contribution in [0, 0.1) is 16.7 Å². The van der Waals surface area contributed by atoms with E-state index < -0.39 is 10.8 Å².